The van der Waals surface area contributed by atoms with Crippen LogP contribution in [0.1, 0.15) is 194 Å². The lowest BCUT2D eigenvalue weighted by molar-refractivity contribution is -0.161. The van der Waals surface area contributed by atoms with Gasteiger partial charge in [-0.15, -0.1) is 0 Å². The minimum Gasteiger partial charge on any atom is -0.462 e. The van der Waals surface area contributed by atoms with Crippen LogP contribution in [0, 0.1) is 0 Å². The van der Waals surface area contributed by atoms with Gasteiger partial charge in [-0.25, -0.2) is 4.57 Å². The van der Waals surface area contributed by atoms with Crippen LogP contribution in [0.25, 0.3) is 0 Å². The molecule has 0 saturated carbocycles. The normalized spacial score (nSPS) is 14.2. The maximum atomic E-state index is 12.6. The van der Waals surface area contributed by atoms with Gasteiger partial charge in [0.15, 0.2) is 6.10 Å². The maximum absolute atomic E-state index is 12.6. The van der Waals surface area contributed by atoms with Gasteiger partial charge >= 0.3 is 19.8 Å². The molecule has 11 heteroatoms. The highest BCUT2D eigenvalue weighted by Gasteiger charge is 2.27. The van der Waals surface area contributed by atoms with Gasteiger partial charge < -0.3 is 24.6 Å². The van der Waals surface area contributed by atoms with Crippen LogP contribution in [0.4, 0.5) is 0 Å². The Bertz CT molecular complexity index is 1010. The molecule has 0 aliphatic heterocycles. The Hall–Kier alpha value is -1.81. The topological polar surface area (TPSA) is 149 Å². The largest absolute Gasteiger partial charge is 0.472 e. The lowest BCUT2D eigenvalue weighted by Crippen LogP contribution is -2.29. The lowest BCUT2D eigenvalue weighted by atomic mass is 10.0. The summed E-state index contributed by atoms with van der Waals surface area (Å²) < 4.78 is 32.7. The summed E-state index contributed by atoms with van der Waals surface area (Å²) in [6.45, 7) is 2.26. The molecule has 0 amide bonds. The van der Waals surface area contributed by atoms with Crippen LogP contribution in [0.2, 0.25) is 0 Å². The third kappa shape index (κ3) is 40.2. The number of carbonyl (C=O) groups excluding carboxylic acids is 2. The van der Waals surface area contributed by atoms with Crippen LogP contribution >= 0.6 is 7.82 Å². The fraction of sp³-hybridized carbons (Fsp3) is 0.818. The average Bonchev–Trinajstić information content (AvgIpc) is 3.17. The highest BCUT2D eigenvalue weighted by molar-refractivity contribution is 7.47. The van der Waals surface area contributed by atoms with E-state index >= 15 is 0 Å². The Morgan fingerprint density at radius 2 is 1.00 bits per heavy atom. The number of allylic oxidation sites excluding steroid dienone is 6. The van der Waals surface area contributed by atoms with E-state index in [1.54, 1.807) is 0 Å². The van der Waals surface area contributed by atoms with Crippen LogP contribution in [0.5, 0.6) is 0 Å². The second-order valence-corrected chi connectivity index (χ2v) is 16.2. The van der Waals surface area contributed by atoms with Gasteiger partial charge in [0.05, 0.1) is 19.8 Å². The number of unbranched alkanes of at least 4 members (excludes halogenated alkanes) is 21. The molecule has 0 bridgehead atoms. The Morgan fingerprint density at radius 3 is 1.51 bits per heavy atom. The second-order valence-electron chi connectivity index (χ2n) is 14.7. The molecule has 55 heavy (non-hydrogen) atoms. The first-order valence-electron chi connectivity index (χ1n) is 21.9. The van der Waals surface area contributed by atoms with Crippen molar-refractivity contribution in [3.63, 3.8) is 0 Å². The summed E-state index contributed by atoms with van der Waals surface area (Å²) in [6.07, 6.45) is 41.1. The molecule has 0 aromatic carbocycles. The van der Waals surface area contributed by atoms with Crippen molar-refractivity contribution in [3.8, 4) is 0 Å². The molecular formula is C44H81O10P. The van der Waals surface area contributed by atoms with Crippen LogP contribution in [0.3, 0.4) is 0 Å². The van der Waals surface area contributed by atoms with Gasteiger partial charge in [-0.3, -0.25) is 18.6 Å². The summed E-state index contributed by atoms with van der Waals surface area (Å²) >= 11 is 0. The van der Waals surface area contributed by atoms with Crippen molar-refractivity contribution in [2.75, 3.05) is 26.4 Å². The third-order valence-corrected chi connectivity index (χ3v) is 10.3. The highest BCUT2D eigenvalue weighted by atomic mass is 31.2. The maximum Gasteiger partial charge on any atom is 0.472 e. The molecular weight excluding hydrogens is 719 g/mol. The molecule has 0 spiro atoms. The summed E-state index contributed by atoms with van der Waals surface area (Å²) in [6, 6.07) is 0. The third-order valence-electron chi connectivity index (χ3n) is 9.31. The van der Waals surface area contributed by atoms with Crippen molar-refractivity contribution < 1.29 is 47.8 Å². The first kappa shape index (κ1) is 53.2. The van der Waals surface area contributed by atoms with E-state index in [1.807, 2.05) is 0 Å². The molecule has 0 aliphatic rings. The monoisotopic (exact) mass is 801 g/mol. The van der Waals surface area contributed by atoms with Gasteiger partial charge in [0.25, 0.3) is 0 Å². The molecule has 10 nitrogen and oxygen atoms in total. The minimum absolute atomic E-state index is 0.183. The van der Waals surface area contributed by atoms with Gasteiger partial charge in [0.1, 0.15) is 12.7 Å². The summed E-state index contributed by atoms with van der Waals surface area (Å²) in [5, 5.41) is 18.3. The predicted molar refractivity (Wildman–Crippen MR) is 224 cm³/mol. The molecule has 322 valence electrons. The predicted octanol–water partition coefficient (Wildman–Crippen LogP) is 11.6. The van der Waals surface area contributed by atoms with E-state index in [9.17, 15) is 24.2 Å². The zero-order valence-corrected chi connectivity index (χ0v) is 35.8. The van der Waals surface area contributed by atoms with Crippen molar-refractivity contribution >= 4 is 19.8 Å². The zero-order valence-electron chi connectivity index (χ0n) is 34.9. The van der Waals surface area contributed by atoms with E-state index in [1.165, 1.54) is 83.5 Å². The van der Waals surface area contributed by atoms with E-state index in [2.05, 4.69) is 54.8 Å². The van der Waals surface area contributed by atoms with Crippen molar-refractivity contribution in [1.82, 2.24) is 0 Å². The van der Waals surface area contributed by atoms with Crippen molar-refractivity contribution in [3.05, 3.63) is 36.5 Å². The molecule has 0 aromatic rings. The van der Waals surface area contributed by atoms with E-state index in [4.69, 9.17) is 19.1 Å². The standard InChI is InChI=1S/C44H81O10P/c1-3-5-7-9-11-13-15-17-19-20-22-24-26-28-30-32-34-36-44(48)54-42(40-53-55(49,50)52-38-41(46)37-45)39-51-43(47)35-33-31-29-27-25-23-21-18-16-14-12-10-8-6-4-2/h6,8,12,14,18,21,41-42,45-46H,3-5,7,9-11,13,15-17,19-20,22-40H2,1-2H3,(H,49,50)/b8-6-,14-12-,21-18-/t41-,42+/m0/s1. The van der Waals surface area contributed by atoms with Crippen LogP contribution in [0.15, 0.2) is 36.5 Å². The molecule has 0 heterocycles. The Kier molecular flexibility index (Phi) is 39.1. The highest BCUT2D eigenvalue weighted by Crippen LogP contribution is 2.43. The summed E-state index contributed by atoms with van der Waals surface area (Å²) in [5.74, 6) is -0.939. The van der Waals surface area contributed by atoms with Gasteiger partial charge in [0, 0.05) is 12.8 Å². The van der Waals surface area contributed by atoms with Crippen LogP contribution < -0.4 is 0 Å². The number of aliphatic hydroxyl groups is 2. The number of esters is 2. The molecule has 0 radical (unpaired) electrons. The molecule has 0 saturated heterocycles. The van der Waals surface area contributed by atoms with Gasteiger partial charge in [-0.05, 0) is 44.9 Å². The average molecular weight is 801 g/mol. The smallest absolute Gasteiger partial charge is 0.462 e. The number of aliphatic hydroxyl groups excluding tert-OH is 2. The summed E-state index contributed by atoms with van der Waals surface area (Å²) in [7, 11) is -4.62. The number of rotatable bonds is 41. The quantitative estimate of drug-likeness (QED) is 0.0236. The second kappa shape index (κ2) is 40.4. The molecule has 3 atom stereocenters. The van der Waals surface area contributed by atoms with Crippen LogP contribution in [-0.4, -0.2) is 65.7 Å². The Balaban J connectivity index is 4.29. The van der Waals surface area contributed by atoms with Crippen molar-refractivity contribution in [1.29, 1.82) is 0 Å². The number of hydrogen-bond acceptors (Lipinski definition) is 9. The van der Waals surface area contributed by atoms with E-state index in [-0.39, 0.29) is 19.4 Å². The SMILES string of the molecule is CC/C=C\C/C=C\C/C=C\CCCCCCCC(=O)OC[C@H](COP(=O)(O)OC[C@@H](O)CO)OC(=O)CCCCCCCCCCCCCCCCCCC. The Morgan fingerprint density at radius 1 is 0.564 bits per heavy atom. The van der Waals surface area contributed by atoms with Crippen molar-refractivity contribution in [2.24, 2.45) is 0 Å². The number of phosphoric acid groups is 1. The van der Waals surface area contributed by atoms with Crippen LogP contribution in [-0.2, 0) is 32.7 Å². The minimum atomic E-state index is -4.62. The number of phosphoric ester groups is 1. The van der Waals surface area contributed by atoms with Gasteiger partial charge in [0.2, 0.25) is 0 Å². The van der Waals surface area contributed by atoms with Crippen molar-refractivity contribution in [2.45, 2.75) is 206 Å². The van der Waals surface area contributed by atoms with Gasteiger partial charge in [-0.1, -0.05) is 172 Å². The lowest BCUT2D eigenvalue weighted by Gasteiger charge is -2.20. The van der Waals surface area contributed by atoms with E-state index in [0.717, 1.165) is 70.6 Å². The van der Waals surface area contributed by atoms with E-state index < -0.39 is 51.8 Å². The first-order valence-corrected chi connectivity index (χ1v) is 23.4. The zero-order chi connectivity index (χ0) is 40.5. The fourth-order valence-electron chi connectivity index (χ4n) is 5.95. The molecule has 0 aliphatic carbocycles. The fourth-order valence-corrected chi connectivity index (χ4v) is 6.74. The summed E-state index contributed by atoms with van der Waals surface area (Å²) in [4.78, 5) is 35.0. The Labute approximate surface area is 335 Å². The molecule has 0 aromatic heterocycles. The van der Waals surface area contributed by atoms with E-state index in [0.29, 0.717) is 12.8 Å². The number of ether oxygens (including phenoxy) is 2. The molecule has 3 N–H and O–H groups in total. The molecule has 0 fully saturated rings. The first-order chi connectivity index (χ1) is 26.7. The molecule has 1 unspecified atom stereocenters. The summed E-state index contributed by atoms with van der Waals surface area (Å²) in [5.41, 5.74) is 0. The number of carbonyl (C=O) groups is 2. The molecule has 0 rings (SSSR count). The number of hydrogen-bond donors (Lipinski definition) is 3. The van der Waals surface area contributed by atoms with Gasteiger partial charge in [-0.2, -0.15) is 0 Å².